The molecular formula is C15H15N5S. The van der Waals surface area contributed by atoms with E-state index in [-0.39, 0.29) is 0 Å². The van der Waals surface area contributed by atoms with Crippen LogP contribution in [0.5, 0.6) is 0 Å². The molecule has 0 saturated carbocycles. The molecule has 3 aromatic rings. The Labute approximate surface area is 126 Å². The molecule has 2 heterocycles. The number of aryl methyl sites for hydroxylation is 2. The van der Waals surface area contributed by atoms with Crippen LogP contribution in [0, 0.1) is 13.8 Å². The van der Waals surface area contributed by atoms with Gasteiger partial charge in [-0.1, -0.05) is 0 Å². The average Bonchev–Trinajstić information content (AvgIpc) is 2.84. The van der Waals surface area contributed by atoms with E-state index in [1.807, 2.05) is 44.3 Å². The molecule has 3 N–H and O–H groups in total. The van der Waals surface area contributed by atoms with Crippen LogP contribution in [0.25, 0.3) is 10.7 Å². The zero-order valence-electron chi connectivity index (χ0n) is 11.8. The maximum Gasteiger partial charge on any atom is 0.227 e. The molecule has 106 valence electrons. The third-order valence-corrected chi connectivity index (χ3v) is 3.79. The molecule has 0 aliphatic heterocycles. The summed E-state index contributed by atoms with van der Waals surface area (Å²) < 4.78 is 0. The third-order valence-electron chi connectivity index (χ3n) is 2.85. The Morgan fingerprint density at radius 2 is 2.00 bits per heavy atom. The first-order chi connectivity index (χ1) is 10.1. The molecule has 0 atom stereocenters. The van der Waals surface area contributed by atoms with E-state index in [1.165, 1.54) is 0 Å². The molecule has 21 heavy (non-hydrogen) atoms. The Hall–Kier alpha value is -2.47. The maximum absolute atomic E-state index is 5.85. The first-order valence-corrected chi connectivity index (χ1v) is 7.32. The van der Waals surface area contributed by atoms with Gasteiger partial charge in [0.15, 0.2) is 0 Å². The van der Waals surface area contributed by atoms with Gasteiger partial charge in [0, 0.05) is 28.6 Å². The topological polar surface area (TPSA) is 76.7 Å². The molecule has 0 saturated heterocycles. The molecular weight excluding hydrogens is 282 g/mol. The summed E-state index contributed by atoms with van der Waals surface area (Å²) in [6, 6.07) is 7.63. The number of hydrogen-bond donors (Lipinski definition) is 2. The predicted molar refractivity (Wildman–Crippen MR) is 86.8 cm³/mol. The van der Waals surface area contributed by atoms with Crippen molar-refractivity contribution in [3.05, 3.63) is 47.1 Å². The van der Waals surface area contributed by atoms with E-state index in [0.717, 1.165) is 26.8 Å². The van der Waals surface area contributed by atoms with Crippen molar-refractivity contribution in [3.8, 4) is 10.7 Å². The second-order valence-corrected chi connectivity index (χ2v) is 6.03. The van der Waals surface area contributed by atoms with Gasteiger partial charge < -0.3 is 11.1 Å². The second-order valence-electron chi connectivity index (χ2n) is 4.80. The summed E-state index contributed by atoms with van der Waals surface area (Å²) in [6.07, 6.45) is 3.57. The van der Waals surface area contributed by atoms with Crippen molar-refractivity contribution >= 4 is 28.7 Å². The molecule has 0 fully saturated rings. The molecule has 0 amide bonds. The Bertz CT molecular complexity index is 761. The van der Waals surface area contributed by atoms with Crippen LogP contribution >= 0.6 is 11.3 Å². The summed E-state index contributed by atoms with van der Waals surface area (Å²) in [6.45, 7) is 4.02. The number of rotatable bonds is 3. The molecule has 0 unspecified atom stereocenters. The maximum atomic E-state index is 5.85. The fourth-order valence-corrected chi connectivity index (χ4v) is 2.76. The lowest BCUT2D eigenvalue weighted by atomic mass is 10.2. The normalized spacial score (nSPS) is 10.6. The minimum atomic E-state index is 0.533. The van der Waals surface area contributed by atoms with Gasteiger partial charge in [0.25, 0.3) is 0 Å². The highest BCUT2D eigenvalue weighted by molar-refractivity contribution is 7.14. The monoisotopic (exact) mass is 297 g/mol. The first-order valence-electron chi connectivity index (χ1n) is 6.50. The van der Waals surface area contributed by atoms with Gasteiger partial charge in [0.2, 0.25) is 5.95 Å². The molecule has 0 radical (unpaired) electrons. The van der Waals surface area contributed by atoms with Gasteiger partial charge in [0.1, 0.15) is 10.7 Å². The Balaban J connectivity index is 1.89. The SMILES string of the molecule is Cc1cc(N)cc(Nc2nccc(-c3ncc(C)s3)n2)c1. The number of anilines is 3. The molecule has 0 aliphatic rings. The van der Waals surface area contributed by atoms with E-state index in [0.29, 0.717) is 11.6 Å². The molecule has 1 aromatic carbocycles. The van der Waals surface area contributed by atoms with Gasteiger partial charge in [-0.2, -0.15) is 0 Å². The smallest absolute Gasteiger partial charge is 0.227 e. The lowest BCUT2D eigenvalue weighted by molar-refractivity contribution is 1.16. The average molecular weight is 297 g/mol. The zero-order valence-corrected chi connectivity index (χ0v) is 12.6. The number of aromatic nitrogens is 3. The number of nitrogens with one attached hydrogen (secondary N) is 1. The largest absolute Gasteiger partial charge is 0.399 e. The number of thiazole rings is 1. The van der Waals surface area contributed by atoms with Crippen LogP contribution < -0.4 is 11.1 Å². The highest BCUT2D eigenvalue weighted by Gasteiger charge is 2.06. The molecule has 0 spiro atoms. The van der Waals surface area contributed by atoms with Crippen LogP contribution in [-0.4, -0.2) is 15.0 Å². The van der Waals surface area contributed by atoms with Gasteiger partial charge in [-0.25, -0.2) is 15.0 Å². The number of benzene rings is 1. The fourth-order valence-electron chi connectivity index (χ4n) is 2.03. The number of nitrogens with zero attached hydrogens (tertiary/aromatic N) is 3. The number of hydrogen-bond acceptors (Lipinski definition) is 6. The van der Waals surface area contributed by atoms with Crippen LogP contribution in [0.15, 0.2) is 36.7 Å². The van der Waals surface area contributed by atoms with Crippen molar-refractivity contribution in [2.75, 3.05) is 11.1 Å². The highest BCUT2D eigenvalue weighted by Crippen LogP contribution is 2.24. The molecule has 5 nitrogen and oxygen atoms in total. The van der Waals surface area contributed by atoms with Gasteiger partial charge in [-0.05, 0) is 43.7 Å². The van der Waals surface area contributed by atoms with E-state index < -0.39 is 0 Å². The van der Waals surface area contributed by atoms with Crippen LogP contribution in [0.4, 0.5) is 17.3 Å². The highest BCUT2D eigenvalue weighted by atomic mass is 32.1. The minimum Gasteiger partial charge on any atom is -0.399 e. The van der Waals surface area contributed by atoms with Crippen LogP contribution in [-0.2, 0) is 0 Å². The van der Waals surface area contributed by atoms with E-state index in [2.05, 4.69) is 20.3 Å². The van der Waals surface area contributed by atoms with Crippen molar-refractivity contribution in [2.45, 2.75) is 13.8 Å². The summed E-state index contributed by atoms with van der Waals surface area (Å²) in [5.74, 6) is 0.533. The molecule has 0 aliphatic carbocycles. The quantitative estimate of drug-likeness (QED) is 0.723. The van der Waals surface area contributed by atoms with Crippen molar-refractivity contribution in [3.63, 3.8) is 0 Å². The lowest BCUT2D eigenvalue weighted by Gasteiger charge is -2.07. The lowest BCUT2D eigenvalue weighted by Crippen LogP contribution is -1.99. The standard InChI is InChI=1S/C15H15N5S/c1-9-5-11(16)7-12(6-9)19-15-17-4-3-13(20-15)14-18-8-10(2)21-14/h3-8H,16H2,1-2H3,(H,17,19,20). The molecule has 6 heteroatoms. The van der Waals surface area contributed by atoms with Gasteiger partial charge in [-0.3, -0.25) is 0 Å². The zero-order chi connectivity index (χ0) is 14.8. The molecule has 0 bridgehead atoms. The fraction of sp³-hybridized carbons (Fsp3) is 0.133. The third kappa shape index (κ3) is 3.17. The van der Waals surface area contributed by atoms with E-state index in [9.17, 15) is 0 Å². The van der Waals surface area contributed by atoms with E-state index >= 15 is 0 Å². The van der Waals surface area contributed by atoms with Crippen LogP contribution in [0.3, 0.4) is 0 Å². The van der Waals surface area contributed by atoms with Crippen molar-refractivity contribution in [2.24, 2.45) is 0 Å². The van der Waals surface area contributed by atoms with Crippen molar-refractivity contribution < 1.29 is 0 Å². The van der Waals surface area contributed by atoms with Crippen LogP contribution in [0.1, 0.15) is 10.4 Å². The Morgan fingerprint density at radius 1 is 1.14 bits per heavy atom. The van der Waals surface area contributed by atoms with Crippen molar-refractivity contribution in [1.82, 2.24) is 15.0 Å². The first kappa shape index (κ1) is 13.5. The van der Waals surface area contributed by atoms with Crippen LogP contribution in [0.2, 0.25) is 0 Å². The molecule has 3 rings (SSSR count). The number of nitrogens with two attached hydrogens (primary N) is 1. The Kier molecular flexibility index (Phi) is 3.53. The van der Waals surface area contributed by atoms with E-state index in [1.54, 1.807) is 17.5 Å². The minimum absolute atomic E-state index is 0.533. The molecule has 2 aromatic heterocycles. The Morgan fingerprint density at radius 3 is 2.71 bits per heavy atom. The second kappa shape index (κ2) is 5.49. The van der Waals surface area contributed by atoms with Crippen molar-refractivity contribution in [1.29, 1.82) is 0 Å². The summed E-state index contributed by atoms with van der Waals surface area (Å²) in [4.78, 5) is 14.2. The van der Waals surface area contributed by atoms with Gasteiger partial charge in [0.05, 0.1) is 0 Å². The summed E-state index contributed by atoms with van der Waals surface area (Å²) in [5.41, 5.74) is 9.33. The van der Waals surface area contributed by atoms with Gasteiger partial charge >= 0.3 is 0 Å². The predicted octanol–water partition coefficient (Wildman–Crippen LogP) is 3.54. The summed E-state index contributed by atoms with van der Waals surface area (Å²) in [7, 11) is 0. The van der Waals surface area contributed by atoms with Gasteiger partial charge in [-0.15, -0.1) is 11.3 Å². The number of nitrogen functional groups attached to an aromatic ring is 1. The van der Waals surface area contributed by atoms with E-state index in [4.69, 9.17) is 5.73 Å². The summed E-state index contributed by atoms with van der Waals surface area (Å²) in [5, 5.41) is 4.07. The summed E-state index contributed by atoms with van der Waals surface area (Å²) >= 11 is 1.61.